The summed E-state index contributed by atoms with van der Waals surface area (Å²) in [6.07, 6.45) is -0.177. The molecule has 0 aromatic heterocycles. The topological polar surface area (TPSA) is 102 Å². The third-order valence-electron chi connectivity index (χ3n) is 1.75. The molecule has 0 saturated carbocycles. The van der Waals surface area contributed by atoms with E-state index >= 15 is 0 Å². The second-order valence-corrected chi connectivity index (χ2v) is 3.75. The van der Waals surface area contributed by atoms with E-state index in [-0.39, 0.29) is 28.2 Å². The molecule has 1 aromatic rings. The molecule has 0 saturated heterocycles. The van der Waals surface area contributed by atoms with Crippen molar-refractivity contribution >= 4 is 35.1 Å². The van der Waals surface area contributed by atoms with E-state index in [1.807, 2.05) is 0 Å². The molecule has 86 valence electrons. The summed E-state index contributed by atoms with van der Waals surface area (Å²) < 4.78 is 0. The molecule has 1 amide bonds. The molecular formula is C9H9Cl2N3O2. The number of nitrogens with zero attached hydrogens (tertiary/aromatic N) is 1. The summed E-state index contributed by atoms with van der Waals surface area (Å²) in [4.78, 5) is 14.6. The number of phenolic OH excluding ortho intramolecular Hbond substituents is 1. The number of benzene rings is 1. The highest BCUT2D eigenvalue weighted by molar-refractivity contribution is 6.37. The lowest BCUT2D eigenvalue weighted by atomic mass is 10.1. The Balaban J connectivity index is 3.02. The molecule has 0 fully saturated rings. The Bertz CT molecular complexity index is 456. The van der Waals surface area contributed by atoms with Gasteiger partial charge < -0.3 is 16.6 Å². The van der Waals surface area contributed by atoms with Crippen molar-refractivity contribution in [2.75, 3.05) is 0 Å². The summed E-state index contributed by atoms with van der Waals surface area (Å²) in [6, 6.07) is 2.76. The molecule has 5 N–H and O–H groups in total. The van der Waals surface area contributed by atoms with E-state index in [0.717, 1.165) is 0 Å². The zero-order chi connectivity index (χ0) is 12.3. The maximum atomic E-state index is 11.3. The van der Waals surface area contributed by atoms with Crippen molar-refractivity contribution in [3.05, 3.63) is 27.7 Å². The molecule has 0 aliphatic heterocycles. The van der Waals surface area contributed by atoms with Crippen LogP contribution in [0.5, 0.6) is 5.75 Å². The summed E-state index contributed by atoms with van der Waals surface area (Å²) in [5.74, 6) is -1.08. The maximum absolute atomic E-state index is 11.3. The summed E-state index contributed by atoms with van der Waals surface area (Å²) in [6.45, 7) is 0. The second kappa shape index (κ2) is 5.05. The van der Waals surface area contributed by atoms with Crippen molar-refractivity contribution in [1.82, 2.24) is 0 Å². The summed E-state index contributed by atoms with van der Waals surface area (Å²) in [5.41, 5.74) is 10.4. The van der Waals surface area contributed by atoms with Crippen LogP contribution in [0.3, 0.4) is 0 Å². The van der Waals surface area contributed by atoms with Crippen molar-refractivity contribution in [3.63, 3.8) is 0 Å². The fourth-order valence-corrected chi connectivity index (χ4v) is 1.59. The molecule has 0 unspecified atom stereocenters. The van der Waals surface area contributed by atoms with E-state index in [2.05, 4.69) is 4.99 Å². The molecule has 0 aliphatic rings. The minimum absolute atomic E-state index is 0.0200. The van der Waals surface area contributed by atoms with Gasteiger partial charge in [0.05, 0.1) is 11.4 Å². The minimum atomic E-state index is -0.589. The summed E-state index contributed by atoms with van der Waals surface area (Å²) in [7, 11) is 0. The maximum Gasteiger partial charge on any atom is 0.253 e. The van der Waals surface area contributed by atoms with Crippen LogP contribution in [-0.2, 0) is 11.2 Å². The Morgan fingerprint density at radius 2 is 2.00 bits per heavy atom. The van der Waals surface area contributed by atoms with Gasteiger partial charge in [0.25, 0.3) is 5.91 Å². The molecule has 0 aliphatic carbocycles. The van der Waals surface area contributed by atoms with Gasteiger partial charge in [-0.05, 0) is 12.1 Å². The molecule has 1 rings (SSSR count). The average molecular weight is 262 g/mol. The Kier molecular flexibility index (Phi) is 3.98. The van der Waals surface area contributed by atoms with Gasteiger partial charge in [-0.2, -0.15) is 4.99 Å². The highest BCUT2D eigenvalue weighted by Gasteiger charge is 2.13. The third-order valence-corrected chi connectivity index (χ3v) is 2.52. The lowest BCUT2D eigenvalue weighted by molar-refractivity contribution is -0.117. The molecule has 1 aromatic carbocycles. The molecular weight excluding hydrogens is 253 g/mol. The molecule has 5 nitrogen and oxygen atoms in total. The van der Waals surface area contributed by atoms with Crippen LogP contribution in [0.1, 0.15) is 5.56 Å². The Hall–Kier alpha value is -1.46. The molecule has 16 heavy (non-hydrogen) atoms. The number of rotatable bonds is 2. The first-order valence-corrected chi connectivity index (χ1v) is 4.95. The van der Waals surface area contributed by atoms with Gasteiger partial charge in [0.2, 0.25) is 0 Å². The van der Waals surface area contributed by atoms with Crippen molar-refractivity contribution in [1.29, 1.82) is 0 Å². The molecule has 0 heterocycles. The van der Waals surface area contributed by atoms with E-state index in [1.165, 1.54) is 12.1 Å². The quantitative estimate of drug-likeness (QED) is 0.547. The normalized spacial score (nSPS) is 9.88. The van der Waals surface area contributed by atoms with Crippen LogP contribution >= 0.6 is 23.2 Å². The predicted molar refractivity (Wildman–Crippen MR) is 62.6 cm³/mol. The smallest absolute Gasteiger partial charge is 0.253 e. The van der Waals surface area contributed by atoms with Gasteiger partial charge in [0, 0.05) is 10.6 Å². The number of carbonyl (C=O) groups excluding carboxylic acids is 1. The third kappa shape index (κ3) is 3.01. The van der Waals surface area contributed by atoms with Crippen LogP contribution < -0.4 is 11.5 Å². The first-order valence-electron chi connectivity index (χ1n) is 4.20. The monoisotopic (exact) mass is 261 g/mol. The highest BCUT2D eigenvalue weighted by atomic mass is 35.5. The first-order chi connectivity index (χ1) is 7.41. The SMILES string of the molecule is NC(N)=NC(=O)Cc1c(Cl)ccc(O)c1Cl. The number of hydrogen-bond acceptors (Lipinski definition) is 2. The van der Waals surface area contributed by atoms with Gasteiger partial charge in [-0.3, -0.25) is 4.79 Å². The number of halogens is 2. The predicted octanol–water partition coefficient (Wildman–Crippen LogP) is 1.04. The molecule has 0 bridgehead atoms. The number of hydrogen-bond donors (Lipinski definition) is 3. The summed E-state index contributed by atoms with van der Waals surface area (Å²) >= 11 is 11.6. The number of carbonyl (C=O) groups is 1. The van der Waals surface area contributed by atoms with Gasteiger partial charge in [-0.25, -0.2) is 0 Å². The number of phenols is 1. The number of aromatic hydroxyl groups is 1. The number of amides is 1. The zero-order valence-electron chi connectivity index (χ0n) is 8.08. The van der Waals surface area contributed by atoms with Crippen LogP contribution in [0.2, 0.25) is 10.0 Å². The van der Waals surface area contributed by atoms with Gasteiger partial charge in [-0.1, -0.05) is 23.2 Å². The van der Waals surface area contributed by atoms with Crippen molar-refractivity contribution in [3.8, 4) is 5.75 Å². The minimum Gasteiger partial charge on any atom is -0.506 e. The van der Waals surface area contributed by atoms with Crippen molar-refractivity contribution < 1.29 is 9.90 Å². The van der Waals surface area contributed by atoms with E-state index < -0.39 is 5.91 Å². The molecule has 0 spiro atoms. The highest BCUT2D eigenvalue weighted by Crippen LogP contribution is 2.32. The van der Waals surface area contributed by atoms with Gasteiger partial charge >= 0.3 is 0 Å². The van der Waals surface area contributed by atoms with Crippen LogP contribution in [0.4, 0.5) is 0 Å². The first kappa shape index (κ1) is 12.6. The van der Waals surface area contributed by atoms with E-state index in [1.54, 1.807) is 0 Å². The van der Waals surface area contributed by atoms with Crippen LogP contribution in [-0.4, -0.2) is 17.0 Å². The van der Waals surface area contributed by atoms with Gasteiger partial charge in [0.1, 0.15) is 5.75 Å². The zero-order valence-corrected chi connectivity index (χ0v) is 9.59. The summed E-state index contributed by atoms with van der Waals surface area (Å²) in [5, 5.41) is 9.62. The Labute approximate surface area is 102 Å². The van der Waals surface area contributed by atoms with Crippen LogP contribution in [0, 0.1) is 0 Å². The fourth-order valence-electron chi connectivity index (χ4n) is 1.08. The lowest BCUT2D eigenvalue weighted by Crippen LogP contribution is -2.24. The van der Waals surface area contributed by atoms with E-state index in [4.69, 9.17) is 34.7 Å². The van der Waals surface area contributed by atoms with Crippen molar-refractivity contribution in [2.45, 2.75) is 6.42 Å². The largest absolute Gasteiger partial charge is 0.506 e. The molecule has 0 radical (unpaired) electrons. The standard InChI is InChI=1S/C9H9Cl2N3O2/c10-5-1-2-6(15)8(11)4(5)3-7(16)14-9(12)13/h1-2,15H,3H2,(H4,12,13,14,16). The van der Waals surface area contributed by atoms with Crippen LogP contribution in [0.15, 0.2) is 17.1 Å². The van der Waals surface area contributed by atoms with E-state index in [0.29, 0.717) is 5.56 Å². The molecule has 7 heteroatoms. The number of aliphatic imine (C=N–C) groups is 1. The van der Waals surface area contributed by atoms with Gasteiger partial charge in [0.15, 0.2) is 5.96 Å². The van der Waals surface area contributed by atoms with Crippen LogP contribution in [0.25, 0.3) is 0 Å². The number of nitrogens with two attached hydrogens (primary N) is 2. The van der Waals surface area contributed by atoms with Crippen molar-refractivity contribution in [2.24, 2.45) is 16.5 Å². The van der Waals surface area contributed by atoms with E-state index in [9.17, 15) is 9.90 Å². The second-order valence-electron chi connectivity index (χ2n) is 2.97. The fraction of sp³-hybridized carbons (Fsp3) is 0.111. The molecule has 0 atom stereocenters. The Morgan fingerprint density at radius 1 is 1.38 bits per heavy atom. The lowest BCUT2D eigenvalue weighted by Gasteiger charge is -2.06. The average Bonchev–Trinajstić information content (AvgIpc) is 2.17. The van der Waals surface area contributed by atoms with Gasteiger partial charge in [-0.15, -0.1) is 0 Å². The number of guanidine groups is 1. The Morgan fingerprint density at radius 3 is 2.56 bits per heavy atom.